The highest BCUT2D eigenvalue weighted by atomic mass is 79.9. The monoisotopic (exact) mass is 546 g/mol. The molecule has 6 nitrogen and oxygen atoms in total. The summed E-state index contributed by atoms with van der Waals surface area (Å²) in [4.78, 5) is 10.6. The first-order chi connectivity index (χ1) is 15.8. The Morgan fingerprint density at radius 3 is 2.64 bits per heavy atom. The Morgan fingerprint density at radius 1 is 1.18 bits per heavy atom. The molecule has 0 aliphatic rings. The third kappa shape index (κ3) is 6.26. The van der Waals surface area contributed by atoms with Crippen molar-refractivity contribution in [1.82, 2.24) is 0 Å². The van der Waals surface area contributed by atoms with Gasteiger partial charge in [-0.15, -0.1) is 0 Å². The third-order valence-electron chi connectivity index (χ3n) is 4.52. The van der Waals surface area contributed by atoms with Crippen molar-refractivity contribution in [3.05, 3.63) is 95.9 Å². The van der Waals surface area contributed by atoms with Crippen molar-refractivity contribution in [2.24, 2.45) is 0 Å². The van der Waals surface area contributed by atoms with Crippen LogP contribution >= 0.6 is 39.1 Å². The number of hydrogen-bond acceptors (Lipinski definition) is 5. The van der Waals surface area contributed by atoms with E-state index in [1.54, 1.807) is 48.5 Å². The number of ether oxygens (including phenoxy) is 2. The number of nitrogens with zero attached hydrogens (tertiary/aromatic N) is 2. The molecule has 0 saturated carbocycles. The van der Waals surface area contributed by atoms with Gasteiger partial charge >= 0.3 is 0 Å². The second-order valence-electron chi connectivity index (χ2n) is 6.76. The Kier molecular flexibility index (Phi) is 8.34. The van der Waals surface area contributed by atoms with Crippen molar-refractivity contribution in [2.75, 3.05) is 6.61 Å². The summed E-state index contributed by atoms with van der Waals surface area (Å²) >= 11 is 15.7. The maximum absolute atomic E-state index is 11.1. The van der Waals surface area contributed by atoms with E-state index in [1.165, 1.54) is 12.1 Å². The average Bonchev–Trinajstić information content (AvgIpc) is 2.78. The summed E-state index contributed by atoms with van der Waals surface area (Å²) in [5.74, 6) is 0.952. The zero-order valence-electron chi connectivity index (χ0n) is 17.3. The van der Waals surface area contributed by atoms with Gasteiger partial charge in [-0.2, -0.15) is 5.26 Å². The quantitative estimate of drug-likeness (QED) is 0.125. The molecule has 0 amide bonds. The maximum Gasteiger partial charge on any atom is 0.270 e. The fourth-order valence-electron chi connectivity index (χ4n) is 3.00. The van der Waals surface area contributed by atoms with Crippen molar-refractivity contribution in [3.8, 4) is 17.6 Å². The molecule has 168 valence electrons. The molecule has 0 aromatic heterocycles. The minimum absolute atomic E-state index is 0.0885. The van der Waals surface area contributed by atoms with Crippen LogP contribution in [0.3, 0.4) is 0 Å². The van der Waals surface area contributed by atoms with Gasteiger partial charge in [-0.1, -0.05) is 41.4 Å². The fraction of sp³-hybridized carbons (Fsp3) is 0.125. The Hall–Kier alpha value is -3.05. The minimum atomic E-state index is -0.499. The van der Waals surface area contributed by atoms with Crippen LogP contribution in [0.25, 0.3) is 11.6 Å². The summed E-state index contributed by atoms with van der Waals surface area (Å²) < 4.78 is 12.3. The fourth-order valence-corrected chi connectivity index (χ4v) is 4.03. The molecule has 0 N–H and O–H groups in total. The van der Waals surface area contributed by atoms with Crippen LogP contribution in [-0.2, 0) is 6.61 Å². The predicted molar refractivity (Wildman–Crippen MR) is 133 cm³/mol. The molecule has 0 aliphatic heterocycles. The molecule has 0 atom stereocenters. The number of nitro benzene ring substituents is 1. The predicted octanol–water partition coefficient (Wildman–Crippen LogP) is 7.71. The van der Waals surface area contributed by atoms with E-state index in [2.05, 4.69) is 22.0 Å². The zero-order valence-corrected chi connectivity index (χ0v) is 20.4. The highest BCUT2D eigenvalue weighted by Gasteiger charge is 2.15. The van der Waals surface area contributed by atoms with E-state index in [-0.39, 0.29) is 17.9 Å². The number of allylic oxidation sites excluding steroid dienone is 1. The lowest BCUT2D eigenvalue weighted by Gasteiger charge is -2.15. The van der Waals surface area contributed by atoms with E-state index in [0.717, 1.165) is 5.56 Å². The van der Waals surface area contributed by atoms with Gasteiger partial charge in [-0.3, -0.25) is 10.1 Å². The summed E-state index contributed by atoms with van der Waals surface area (Å²) in [6, 6.07) is 16.7. The summed E-state index contributed by atoms with van der Waals surface area (Å²) in [6.07, 6.45) is 1.63. The van der Waals surface area contributed by atoms with Gasteiger partial charge < -0.3 is 9.47 Å². The van der Waals surface area contributed by atoms with Gasteiger partial charge in [0.2, 0.25) is 0 Å². The molecule has 0 unspecified atom stereocenters. The molecule has 0 spiro atoms. The van der Waals surface area contributed by atoms with Crippen LogP contribution in [0, 0.1) is 21.4 Å². The van der Waals surface area contributed by atoms with Crippen LogP contribution in [-0.4, -0.2) is 11.5 Å². The van der Waals surface area contributed by atoms with E-state index < -0.39 is 4.92 Å². The Balaban J connectivity index is 1.95. The largest absolute Gasteiger partial charge is 0.490 e. The van der Waals surface area contributed by atoms with Gasteiger partial charge in [0.1, 0.15) is 6.61 Å². The molecule has 0 saturated heterocycles. The zero-order chi connectivity index (χ0) is 24.0. The maximum atomic E-state index is 11.1. The number of non-ortho nitro benzene ring substituents is 1. The molecule has 9 heteroatoms. The average molecular weight is 548 g/mol. The highest BCUT2D eigenvalue weighted by molar-refractivity contribution is 9.10. The summed E-state index contributed by atoms with van der Waals surface area (Å²) in [6.45, 7) is 2.44. The van der Waals surface area contributed by atoms with Crippen molar-refractivity contribution in [2.45, 2.75) is 13.5 Å². The lowest BCUT2D eigenvalue weighted by molar-refractivity contribution is -0.384. The topological polar surface area (TPSA) is 85.4 Å². The van der Waals surface area contributed by atoms with E-state index in [1.807, 2.05) is 6.92 Å². The number of nitriles is 1. The van der Waals surface area contributed by atoms with Crippen molar-refractivity contribution in [3.63, 3.8) is 0 Å². The van der Waals surface area contributed by atoms with E-state index >= 15 is 0 Å². The molecule has 3 rings (SSSR count). The van der Waals surface area contributed by atoms with Crippen molar-refractivity contribution < 1.29 is 14.4 Å². The van der Waals surface area contributed by atoms with Gasteiger partial charge in [0.15, 0.2) is 11.5 Å². The molecular weight excluding hydrogens is 531 g/mol. The van der Waals surface area contributed by atoms with Crippen LogP contribution in [0.5, 0.6) is 11.5 Å². The van der Waals surface area contributed by atoms with Crippen LogP contribution in [0.15, 0.2) is 59.1 Å². The Labute approximate surface area is 209 Å². The van der Waals surface area contributed by atoms with Gasteiger partial charge in [0.25, 0.3) is 5.69 Å². The second-order valence-corrected chi connectivity index (χ2v) is 8.46. The lowest BCUT2D eigenvalue weighted by Crippen LogP contribution is -2.01. The molecule has 33 heavy (non-hydrogen) atoms. The van der Waals surface area contributed by atoms with E-state index in [9.17, 15) is 15.4 Å². The second kappa shape index (κ2) is 11.2. The van der Waals surface area contributed by atoms with E-state index in [0.29, 0.717) is 43.8 Å². The molecule has 3 aromatic rings. The Bertz CT molecular complexity index is 1270. The van der Waals surface area contributed by atoms with Crippen LogP contribution < -0.4 is 9.47 Å². The standard InChI is InChI=1S/C24H17BrCl2N2O4/c1-2-32-23-10-15(8-18(13-28)16-4-3-5-20(11-16)29(30)31)9-21(25)24(23)33-14-17-6-7-19(26)12-22(17)27/h3-12H,2,14H2,1H3/b18-8-. The van der Waals surface area contributed by atoms with Crippen LogP contribution in [0.1, 0.15) is 23.6 Å². The SMILES string of the molecule is CCOc1cc(/C=C(/C#N)c2cccc([N+](=O)[O-])c2)cc(Br)c1OCc1ccc(Cl)cc1Cl. The first kappa shape index (κ1) is 24.6. The molecular formula is C24H17BrCl2N2O4. The number of hydrogen-bond donors (Lipinski definition) is 0. The molecule has 0 bridgehead atoms. The van der Waals surface area contributed by atoms with Gasteiger partial charge in [0.05, 0.1) is 27.6 Å². The van der Waals surface area contributed by atoms with Crippen LogP contribution in [0.2, 0.25) is 10.0 Å². The molecule has 0 aliphatic carbocycles. The normalized spacial score (nSPS) is 11.1. The third-order valence-corrected chi connectivity index (χ3v) is 5.69. The van der Waals surface area contributed by atoms with Crippen molar-refractivity contribution >= 4 is 56.5 Å². The molecule has 0 fully saturated rings. The number of benzene rings is 3. The lowest BCUT2D eigenvalue weighted by atomic mass is 10.0. The minimum Gasteiger partial charge on any atom is -0.490 e. The molecule has 0 radical (unpaired) electrons. The summed E-state index contributed by atoms with van der Waals surface area (Å²) in [5, 5.41) is 21.7. The summed E-state index contributed by atoms with van der Waals surface area (Å²) in [7, 11) is 0. The first-order valence-electron chi connectivity index (χ1n) is 9.72. The smallest absolute Gasteiger partial charge is 0.270 e. The molecule has 0 heterocycles. The Morgan fingerprint density at radius 2 is 1.97 bits per heavy atom. The summed E-state index contributed by atoms with van der Waals surface area (Å²) in [5.41, 5.74) is 2.05. The highest BCUT2D eigenvalue weighted by Crippen LogP contribution is 2.39. The molecule has 3 aromatic carbocycles. The van der Waals surface area contributed by atoms with E-state index in [4.69, 9.17) is 32.7 Å². The number of nitro groups is 1. The van der Waals surface area contributed by atoms with Crippen LogP contribution in [0.4, 0.5) is 5.69 Å². The first-order valence-corrected chi connectivity index (χ1v) is 11.3. The van der Waals surface area contributed by atoms with Gasteiger partial charge in [-0.05, 0) is 64.3 Å². The number of halogens is 3. The van der Waals surface area contributed by atoms with Gasteiger partial charge in [-0.25, -0.2) is 0 Å². The number of rotatable bonds is 8. The van der Waals surface area contributed by atoms with Gasteiger partial charge in [0, 0.05) is 27.7 Å². The van der Waals surface area contributed by atoms with Crippen molar-refractivity contribution in [1.29, 1.82) is 5.26 Å².